The average Bonchev–Trinajstić information content (AvgIpc) is 2.14. The molecule has 0 bridgehead atoms. The molecule has 0 fully saturated rings. The van der Waals surface area contributed by atoms with E-state index in [4.69, 9.17) is 10.8 Å². The summed E-state index contributed by atoms with van der Waals surface area (Å²) in [6.45, 7) is 1.70. The largest absolute Gasteiger partial charge is 0.481 e. The number of nitrogens with two attached hydrogens (primary N) is 1. The van der Waals surface area contributed by atoms with Gasteiger partial charge in [0.1, 0.15) is 5.82 Å². The van der Waals surface area contributed by atoms with Crippen LogP contribution in [0.4, 0.5) is 5.82 Å². The zero-order valence-electron chi connectivity index (χ0n) is 8.10. The summed E-state index contributed by atoms with van der Waals surface area (Å²) in [7, 11) is 0. The Labute approximate surface area is 82.8 Å². The number of aliphatic carboxylic acids is 1. The lowest BCUT2D eigenvalue weighted by Gasteiger charge is -2.05. The molecule has 1 atom stereocenters. The van der Waals surface area contributed by atoms with Crippen molar-refractivity contribution in [1.82, 2.24) is 4.98 Å². The van der Waals surface area contributed by atoms with Crippen LogP contribution in [0.5, 0.6) is 0 Å². The molecule has 0 radical (unpaired) electrons. The number of aryl methyl sites for hydroxylation is 1. The lowest BCUT2D eigenvalue weighted by molar-refractivity contribution is -0.141. The van der Waals surface area contributed by atoms with Crippen molar-refractivity contribution in [3.63, 3.8) is 0 Å². The highest BCUT2D eigenvalue weighted by Gasteiger charge is 2.10. The first-order chi connectivity index (χ1) is 6.59. The topological polar surface area (TPSA) is 76.2 Å². The normalized spacial score (nSPS) is 12.4. The molecule has 0 aromatic carbocycles. The SMILES string of the molecule is CC(CCc1ccnc(N)c1)C(=O)O. The maximum absolute atomic E-state index is 10.6. The maximum Gasteiger partial charge on any atom is 0.306 e. The molecule has 3 N–H and O–H groups in total. The number of hydrogen-bond acceptors (Lipinski definition) is 3. The van der Waals surface area contributed by atoms with Crippen LogP contribution in [-0.2, 0) is 11.2 Å². The van der Waals surface area contributed by atoms with Crippen LogP contribution in [-0.4, -0.2) is 16.1 Å². The van der Waals surface area contributed by atoms with Crippen molar-refractivity contribution >= 4 is 11.8 Å². The molecule has 0 saturated carbocycles. The third kappa shape index (κ3) is 3.05. The molecular weight excluding hydrogens is 180 g/mol. The highest BCUT2D eigenvalue weighted by molar-refractivity contribution is 5.69. The summed E-state index contributed by atoms with van der Waals surface area (Å²) < 4.78 is 0. The minimum atomic E-state index is -0.757. The van der Waals surface area contributed by atoms with E-state index >= 15 is 0 Å². The quantitative estimate of drug-likeness (QED) is 0.757. The van der Waals surface area contributed by atoms with Crippen molar-refractivity contribution < 1.29 is 9.90 Å². The first-order valence-electron chi connectivity index (χ1n) is 4.53. The fourth-order valence-corrected chi connectivity index (χ4v) is 1.16. The van der Waals surface area contributed by atoms with E-state index in [1.54, 1.807) is 19.2 Å². The molecule has 4 heteroatoms. The predicted molar refractivity (Wildman–Crippen MR) is 53.8 cm³/mol. The molecule has 1 aromatic rings. The number of hydrogen-bond donors (Lipinski definition) is 2. The molecule has 1 rings (SSSR count). The van der Waals surface area contributed by atoms with Crippen LogP contribution in [0.2, 0.25) is 0 Å². The summed E-state index contributed by atoms with van der Waals surface area (Å²) >= 11 is 0. The highest BCUT2D eigenvalue weighted by atomic mass is 16.4. The van der Waals surface area contributed by atoms with Crippen molar-refractivity contribution in [2.75, 3.05) is 5.73 Å². The van der Waals surface area contributed by atoms with Crippen molar-refractivity contribution in [1.29, 1.82) is 0 Å². The van der Waals surface area contributed by atoms with Crippen molar-refractivity contribution in [2.24, 2.45) is 5.92 Å². The Morgan fingerprint density at radius 1 is 1.71 bits per heavy atom. The van der Waals surface area contributed by atoms with Crippen LogP contribution in [0.15, 0.2) is 18.3 Å². The summed E-state index contributed by atoms with van der Waals surface area (Å²) in [4.78, 5) is 14.4. The minimum absolute atomic E-state index is 0.315. The summed E-state index contributed by atoms with van der Waals surface area (Å²) in [6.07, 6.45) is 2.98. The molecule has 0 spiro atoms. The van der Waals surface area contributed by atoms with E-state index in [2.05, 4.69) is 4.98 Å². The van der Waals surface area contributed by atoms with E-state index in [-0.39, 0.29) is 5.92 Å². The molecule has 0 aliphatic rings. The number of pyridine rings is 1. The molecule has 14 heavy (non-hydrogen) atoms. The Morgan fingerprint density at radius 3 is 3.00 bits per heavy atom. The first kappa shape index (κ1) is 10.5. The van der Waals surface area contributed by atoms with Gasteiger partial charge in [0.2, 0.25) is 0 Å². The van der Waals surface area contributed by atoms with Crippen LogP contribution in [0.3, 0.4) is 0 Å². The molecular formula is C10H14N2O2. The molecule has 76 valence electrons. The number of rotatable bonds is 4. The monoisotopic (exact) mass is 194 g/mol. The minimum Gasteiger partial charge on any atom is -0.481 e. The van der Waals surface area contributed by atoms with Gasteiger partial charge in [0.15, 0.2) is 0 Å². The predicted octanol–water partition coefficient (Wildman–Crippen LogP) is 1.32. The van der Waals surface area contributed by atoms with Gasteiger partial charge in [0.05, 0.1) is 5.92 Å². The maximum atomic E-state index is 10.6. The zero-order valence-corrected chi connectivity index (χ0v) is 8.10. The first-order valence-corrected chi connectivity index (χ1v) is 4.53. The highest BCUT2D eigenvalue weighted by Crippen LogP contribution is 2.10. The summed E-state index contributed by atoms with van der Waals surface area (Å²) in [5, 5.41) is 8.68. The van der Waals surface area contributed by atoms with Crippen LogP contribution < -0.4 is 5.73 Å². The van der Waals surface area contributed by atoms with Gasteiger partial charge >= 0.3 is 5.97 Å². The molecule has 0 amide bonds. The lowest BCUT2D eigenvalue weighted by atomic mass is 10.0. The second-order valence-electron chi connectivity index (χ2n) is 3.37. The zero-order chi connectivity index (χ0) is 10.6. The molecule has 0 aliphatic carbocycles. The third-order valence-electron chi connectivity index (χ3n) is 2.13. The van der Waals surface area contributed by atoms with E-state index < -0.39 is 5.97 Å². The lowest BCUT2D eigenvalue weighted by Crippen LogP contribution is -2.10. The number of nitrogens with zero attached hydrogens (tertiary/aromatic N) is 1. The van der Waals surface area contributed by atoms with E-state index in [0.29, 0.717) is 12.2 Å². The molecule has 1 heterocycles. The van der Waals surface area contributed by atoms with Gasteiger partial charge in [0.25, 0.3) is 0 Å². The van der Waals surface area contributed by atoms with Crippen LogP contribution in [0.25, 0.3) is 0 Å². The number of carbonyl (C=O) groups is 1. The van der Waals surface area contributed by atoms with E-state index in [0.717, 1.165) is 12.0 Å². The molecule has 0 saturated heterocycles. The second-order valence-corrected chi connectivity index (χ2v) is 3.37. The van der Waals surface area contributed by atoms with Gasteiger partial charge in [-0.15, -0.1) is 0 Å². The number of anilines is 1. The van der Waals surface area contributed by atoms with E-state index in [9.17, 15) is 4.79 Å². The Kier molecular flexibility index (Phi) is 3.45. The van der Waals surface area contributed by atoms with E-state index in [1.165, 1.54) is 0 Å². The average molecular weight is 194 g/mol. The van der Waals surface area contributed by atoms with Gasteiger partial charge in [-0.1, -0.05) is 6.92 Å². The van der Waals surface area contributed by atoms with Gasteiger partial charge in [-0.05, 0) is 30.5 Å². The number of carboxylic acids is 1. The number of nitrogen functional groups attached to an aromatic ring is 1. The Balaban J connectivity index is 2.49. The van der Waals surface area contributed by atoms with Gasteiger partial charge in [0, 0.05) is 6.20 Å². The van der Waals surface area contributed by atoms with Crippen molar-refractivity contribution in [3.05, 3.63) is 23.9 Å². The molecule has 1 unspecified atom stereocenters. The fraction of sp³-hybridized carbons (Fsp3) is 0.400. The molecule has 4 nitrogen and oxygen atoms in total. The smallest absolute Gasteiger partial charge is 0.306 e. The molecule has 0 aliphatic heterocycles. The van der Waals surface area contributed by atoms with Gasteiger partial charge < -0.3 is 10.8 Å². The van der Waals surface area contributed by atoms with Crippen molar-refractivity contribution in [3.8, 4) is 0 Å². The second kappa shape index (κ2) is 4.60. The standard InChI is InChI=1S/C10H14N2O2/c1-7(10(13)14)2-3-8-4-5-12-9(11)6-8/h4-7H,2-3H2,1H3,(H2,11,12)(H,13,14). The summed E-state index contributed by atoms with van der Waals surface area (Å²) in [5.41, 5.74) is 6.53. The number of aromatic nitrogens is 1. The number of carboxylic acid groups (broad SMARTS) is 1. The summed E-state index contributed by atoms with van der Waals surface area (Å²) in [6, 6.07) is 3.62. The Bertz CT molecular complexity index is 326. The van der Waals surface area contributed by atoms with Crippen molar-refractivity contribution in [2.45, 2.75) is 19.8 Å². The summed E-state index contributed by atoms with van der Waals surface area (Å²) in [5.74, 6) is -0.595. The van der Waals surface area contributed by atoms with Gasteiger partial charge in [-0.25, -0.2) is 4.98 Å². The van der Waals surface area contributed by atoms with E-state index in [1.807, 2.05) is 6.07 Å². The third-order valence-corrected chi connectivity index (χ3v) is 2.13. The Morgan fingerprint density at radius 2 is 2.43 bits per heavy atom. The molecule has 1 aromatic heterocycles. The van der Waals surface area contributed by atoms with Gasteiger partial charge in [-0.3, -0.25) is 4.79 Å². The Hall–Kier alpha value is -1.58. The van der Waals surface area contributed by atoms with Crippen LogP contribution in [0.1, 0.15) is 18.9 Å². The van der Waals surface area contributed by atoms with Crippen LogP contribution in [0, 0.1) is 5.92 Å². The van der Waals surface area contributed by atoms with Gasteiger partial charge in [-0.2, -0.15) is 0 Å². The fourth-order valence-electron chi connectivity index (χ4n) is 1.16. The van der Waals surface area contributed by atoms with Crippen LogP contribution >= 0.6 is 0 Å².